The van der Waals surface area contributed by atoms with Gasteiger partial charge in [-0.1, -0.05) is 20.8 Å². The second-order valence-electron chi connectivity index (χ2n) is 4.88. The van der Waals surface area contributed by atoms with Gasteiger partial charge >= 0.3 is 0 Å². The van der Waals surface area contributed by atoms with E-state index in [4.69, 9.17) is 0 Å². The van der Waals surface area contributed by atoms with Crippen LogP contribution in [0.2, 0.25) is 0 Å². The molecule has 0 aromatic heterocycles. The monoisotopic (exact) mass is 156 g/mol. The zero-order valence-electron chi connectivity index (χ0n) is 7.11. The fraction of sp³-hybridized carbons (Fsp3) is 1.00. The minimum atomic E-state index is 0.491. The molecule has 0 atom stereocenters. The molecule has 0 aliphatic heterocycles. The highest BCUT2D eigenvalue weighted by molar-refractivity contribution is 8.02. The lowest BCUT2D eigenvalue weighted by atomic mass is 9.55. The summed E-state index contributed by atoms with van der Waals surface area (Å²) in [5, 5.41) is 0. The van der Waals surface area contributed by atoms with Crippen molar-refractivity contribution in [2.75, 3.05) is 0 Å². The average Bonchev–Trinajstić information content (AvgIpc) is 1.48. The molecule has 0 aromatic rings. The summed E-state index contributed by atoms with van der Waals surface area (Å²) in [6.45, 7) is 6.99. The molecular formula is C9H16S. The molecule has 1 heteroatoms. The second kappa shape index (κ2) is 1.74. The average molecular weight is 156 g/mol. The Hall–Kier alpha value is 0.350. The molecular weight excluding hydrogens is 140 g/mol. The molecule has 58 valence electrons. The standard InChI is InChI=1S/C9H16S/c1-8(2,3)10-9-4-7(5-9)6-9/h7H,4-6H2,1-3H3. The maximum absolute atomic E-state index is 2.33. The van der Waals surface area contributed by atoms with Gasteiger partial charge < -0.3 is 0 Å². The maximum atomic E-state index is 2.33. The molecule has 0 aromatic carbocycles. The van der Waals surface area contributed by atoms with Crippen LogP contribution < -0.4 is 0 Å². The third-order valence-corrected chi connectivity index (χ3v) is 4.05. The fourth-order valence-electron chi connectivity index (χ4n) is 2.17. The van der Waals surface area contributed by atoms with Crippen molar-refractivity contribution in [2.45, 2.75) is 49.5 Å². The minimum absolute atomic E-state index is 0.491. The molecule has 2 bridgehead atoms. The van der Waals surface area contributed by atoms with E-state index < -0.39 is 0 Å². The molecule has 0 heterocycles. The Morgan fingerprint density at radius 3 is 1.80 bits per heavy atom. The summed E-state index contributed by atoms with van der Waals surface area (Å²) in [4.78, 5) is 0. The predicted octanol–water partition coefficient (Wildman–Crippen LogP) is 3.07. The first-order valence-corrected chi connectivity index (χ1v) is 5.01. The van der Waals surface area contributed by atoms with Crippen LogP contribution in [0.15, 0.2) is 0 Å². The van der Waals surface area contributed by atoms with Gasteiger partial charge in [-0.15, -0.1) is 11.8 Å². The highest BCUT2D eigenvalue weighted by Crippen LogP contribution is 2.67. The van der Waals surface area contributed by atoms with Crippen molar-refractivity contribution >= 4 is 11.8 Å². The van der Waals surface area contributed by atoms with E-state index in [1.54, 1.807) is 0 Å². The van der Waals surface area contributed by atoms with Crippen molar-refractivity contribution in [3.8, 4) is 0 Å². The van der Waals surface area contributed by atoms with Crippen molar-refractivity contribution in [1.82, 2.24) is 0 Å². The van der Waals surface area contributed by atoms with Gasteiger partial charge in [0.1, 0.15) is 0 Å². The van der Waals surface area contributed by atoms with Crippen molar-refractivity contribution in [2.24, 2.45) is 5.92 Å². The van der Waals surface area contributed by atoms with Gasteiger partial charge in [0.25, 0.3) is 0 Å². The highest BCUT2D eigenvalue weighted by Gasteiger charge is 2.58. The molecule has 0 N–H and O–H groups in total. The second-order valence-corrected chi connectivity index (χ2v) is 7.17. The molecule has 3 saturated carbocycles. The molecule has 0 radical (unpaired) electrons. The van der Waals surface area contributed by atoms with Gasteiger partial charge in [0.05, 0.1) is 0 Å². The zero-order valence-corrected chi connectivity index (χ0v) is 7.92. The Labute approximate surface area is 67.8 Å². The molecule has 0 nitrogen and oxygen atoms in total. The molecule has 0 unspecified atom stereocenters. The van der Waals surface area contributed by atoms with Crippen molar-refractivity contribution in [3.05, 3.63) is 0 Å². The summed E-state index contributed by atoms with van der Waals surface area (Å²) in [6.07, 6.45) is 4.57. The van der Waals surface area contributed by atoms with Gasteiger partial charge in [-0.05, 0) is 25.2 Å². The Bertz CT molecular complexity index is 138. The van der Waals surface area contributed by atoms with Gasteiger partial charge in [-0.2, -0.15) is 0 Å². The number of hydrogen-bond acceptors (Lipinski definition) is 1. The van der Waals surface area contributed by atoms with Gasteiger partial charge in [0, 0.05) is 9.49 Å². The fourth-order valence-corrected chi connectivity index (χ4v) is 4.43. The first-order chi connectivity index (χ1) is 4.49. The molecule has 0 amide bonds. The summed E-state index contributed by atoms with van der Waals surface area (Å²) in [7, 11) is 0. The van der Waals surface area contributed by atoms with E-state index in [-0.39, 0.29) is 0 Å². The molecule has 3 fully saturated rings. The summed E-state index contributed by atoms with van der Waals surface area (Å²) in [6, 6.07) is 0. The van der Waals surface area contributed by atoms with Crippen LogP contribution in [-0.4, -0.2) is 9.49 Å². The quantitative estimate of drug-likeness (QED) is 0.562. The SMILES string of the molecule is CC(C)(C)SC12CC(C1)C2. The molecule has 3 aliphatic rings. The molecule has 10 heavy (non-hydrogen) atoms. The summed E-state index contributed by atoms with van der Waals surface area (Å²) in [5.74, 6) is 1.13. The number of thioether (sulfide) groups is 1. The normalized spacial score (nSPS) is 44.1. The van der Waals surface area contributed by atoms with Crippen LogP contribution in [-0.2, 0) is 0 Å². The van der Waals surface area contributed by atoms with E-state index in [0.29, 0.717) is 4.75 Å². The zero-order chi connectivity index (χ0) is 7.41. The van der Waals surface area contributed by atoms with Crippen LogP contribution in [0.1, 0.15) is 40.0 Å². The lowest BCUT2D eigenvalue weighted by Crippen LogP contribution is -2.56. The topological polar surface area (TPSA) is 0 Å². The van der Waals surface area contributed by atoms with Crippen LogP contribution in [0.3, 0.4) is 0 Å². The summed E-state index contributed by atoms with van der Waals surface area (Å²) in [5.41, 5.74) is 0. The van der Waals surface area contributed by atoms with E-state index in [9.17, 15) is 0 Å². The summed E-state index contributed by atoms with van der Waals surface area (Å²) < 4.78 is 1.26. The van der Waals surface area contributed by atoms with E-state index in [1.807, 2.05) is 0 Å². The van der Waals surface area contributed by atoms with Crippen LogP contribution in [0, 0.1) is 5.92 Å². The molecule has 3 aliphatic carbocycles. The van der Waals surface area contributed by atoms with Crippen molar-refractivity contribution < 1.29 is 0 Å². The predicted molar refractivity (Wildman–Crippen MR) is 47.4 cm³/mol. The molecule has 0 spiro atoms. The first-order valence-electron chi connectivity index (χ1n) is 4.19. The van der Waals surface area contributed by atoms with Crippen LogP contribution in [0.4, 0.5) is 0 Å². The van der Waals surface area contributed by atoms with E-state index in [2.05, 4.69) is 32.5 Å². The first kappa shape index (κ1) is 7.02. The molecule has 3 rings (SSSR count). The Kier molecular flexibility index (Phi) is 1.22. The van der Waals surface area contributed by atoms with Crippen LogP contribution in [0.25, 0.3) is 0 Å². The van der Waals surface area contributed by atoms with Gasteiger partial charge in [0.2, 0.25) is 0 Å². The van der Waals surface area contributed by atoms with Crippen LogP contribution >= 0.6 is 11.8 Å². The number of rotatable bonds is 1. The molecule has 0 saturated heterocycles. The van der Waals surface area contributed by atoms with Crippen molar-refractivity contribution in [1.29, 1.82) is 0 Å². The van der Waals surface area contributed by atoms with E-state index in [1.165, 1.54) is 19.3 Å². The Morgan fingerprint density at radius 2 is 1.70 bits per heavy atom. The Balaban J connectivity index is 1.90. The van der Waals surface area contributed by atoms with Gasteiger partial charge in [-0.25, -0.2) is 0 Å². The number of hydrogen-bond donors (Lipinski definition) is 0. The Morgan fingerprint density at radius 1 is 1.20 bits per heavy atom. The highest BCUT2D eigenvalue weighted by atomic mass is 32.2. The van der Waals surface area contributed by atoms with E-state index in [0.717, 1.165) is 10.7 Å². The lowest BCUT2D eigenvalue weighted by Gasteiger charge is -2.63. The summed E-state index contributed by atoms with van der Waals surface area (Å²) >= 11 is 2.21. The van der Waals surface area contributed by atoms with Crippen molar-refractivity contribution in [3.63, 3.8) is 0 Å². The largest absolute Gasteiger partial charge is 0.149 e. The third-order valence-electron chi connectivity index (χ3n) is 2.50. The smallest absolute Gasteiger partial charge is 0.0173 e. The van der Waals surface area contributed by atoms with Gasteiger partial charge in [-0.3, -0.25) is 0 Å². The van der Waals surface area contributed by atoms with Crippen LogP contribution in [0.5, 0.6) is 0 Å². The lowest BCUT2D eigenvalue weighted by molar-refractivity contribution is 0.0569. The van der Waals surface area contributed by atoms with Gasteiger partial charge in [0.15, 0.2) is 0 Å². The van der Waals surface area contributed by atoms with E-state index >= 15 is 0 Å². The maximum Gasteiger partial charge on any atom is 0.0173 e. The minimum Gasteiger partial charge on any atom is -0.149 e. The third kappa shape index (κ3) is 0.990.